The number of fused-ring (bicyclic) bond motifs is 5. The van der Waals surface area contributed by atoms with E-state index >= 15 is 0 Å². The molecule has 1 aliphatic heterocycles. The fourth-order valence-corrected chi connectivity index (χ4v) is 4.60. The highest BCUT2D eigenvalue weighted by Crippen LogP contribution is 2.49. The van der Waals surface area contributed by atoms with Crippen molar-refractivity contribution in [2.45, 2.75) is 30.5 Å². The molecule has 0 saturated heterocycles. The Morgan fingerprint density at radius 3 is 2.62 bits per heavy atom. The molecule has 0 unspecified atom stereocenters. The molecule has 4 rings (SSSR count). The summed E-state index contributed by atoms with van der Waals surface area (Å²) in [7, 11) is 2.03. The van der Waals surface area contributed by atoms with Crippen LogP contribution in [0.2, 0.25) is 5.02 Å². The molecule has 2 aliphatic rings. The predicted molar refractivity (Wildman–Crippen MR) is 96.1 cm³/mol. The Morgan fingerprint density at radius 1 is 1.08 bits per heavy atom. The highest BCUT2D eigenvalue weighted by Gasteiger charge is 2.55. The van der Waals surface area contributed by atoms with Gasteiger partial charge in [-0.05, 0) is 60.7 Å². The largest absolute Gasteiger partial charge is 0.506 e. The van der Waals surface area contributed by atoms with E-state index in [1.54, 1.807) is 6.07 Å². The fourth-order valence-electron chi connectivity index (χ4n) is 4.41. The van der Waals surface area contributed by atoms with Crippen LogP contribution in [0.3, 0.4) is 0 Å². The summed E-state index contributed by atoms with van der Waals surface area (Å²) < 4.78 is 0. The van der Waals surface area contributed by atoms with Gasteiger partial charge in [-0.1, -0.05) is 35.9 Å². The Balaban J connectivity index is 2.08. The zero-order valence-electron chi connectivity index (χ0n) is 13.7. The maximum atomic E-state index is 10.2. The van der Waals surface area contributed by atoms with Crippen LogP contribution in [-0.2, 0) is 18.4 Å². The maximum Gasteiger partial charge on any atom is 0.134 e. The van der Waals surface area contributed by atoms with Crippen molar-refractivity contribution in [1.82, 2.24) is 4.90 Å². The molecule has 1 aliphatic carbocycles. The number of likely N-dealkylation sites (N-methyl/N-ethyl adjacent to an activating group) is 1. The summed E-state index contributed by atoms with van der Waals surface area (Å²) in [6.45, 7) is 0.797. The smallest absolute Gasteiger partial charge is 0.134 e. The highest BCUT2D eigenvalue weighted by molar-refractivity contribution is 6.32. The van der Waals surface area contributed by atoms with E-state index in [4.69, 9.17) is 23.1 Å². The SMILES string of the molecule is CN1CCc2cc(Cl)c(O)cc2[C@@]2(N)c3ccccc3CC[C@@]12N. The molecule has 0 radical (unpaired) electrons. The Hall–Kier alpha value is -1.59. The van der Waals surface area contributed by atoms with Crippen molar-refractivity contribution in [2.75, 3.05) is 13.6 Å². The Labute approximate surface area is 147 Å². The second-order valence-corrected chi connectivity index (χ2v) is 7.43. The van der Waals surface area contributed by atoms with Gasteiger partial charge < -0.3 is 16.6 Å². The first-order valence-corrected chi connectivity index (χ1v) is 8.65. The van der Waals surface area contributed by atoms with Gasteiger partial charge in [-0.25, -0.2) is 0 Å². The van der Waals surface area contributed by atoms with E-state index in [1.165, 1.54) is 5.56 Å². The van der Waals surface area contributed by atoms with Gasteiger partial charge in [-0.3, -0.25) is 4.90 Å². The van der Waals surface area contributed by atoms with Gasteiger partial charge in [0.15, 0.2) is 0 Å². The number of rotatable bonds is 0. The number of phenolic OH excluding ortho intramolecular Hbond substituents is 1. The molecule has 0 saturated carbocycles. The summed E-state index contributed by atoms with van der Waals surface area (Å²) in [6.07, 6.45) is 2.45. The van der Waals surface area contributed by atoms with E-state index in [1.807, 2.05) is 25.2 Å². The van der Waals surface area contributed by atoms with Crippen LogP contribution in [0.15, 0.2) is 36.4 Å². The lowest BCUT2D eigenvalue weighted by Crippen LogP contribution is -2.72. The average molecular weight is 344 g/mol. The van der Waals surface area contributed by atoms with Gasteiger partial charge in [-0.15, -0.1) is 0 Å². The molecule has 4 nitrogen and oxygen atoms in total. The van der Waals surface area contributed by atoms with Gasteiger partial charge in [-0.2, -0.15) is 0 Å². The Morgan fingerprint density at radius 2 is 1.83 bits per heavy atom. The normalized spacial score (nSPS) is 29.3. The average Bonchev–Trinajstić information content (AvgIpc) is 2.65. The lowest BCUT2D eigenvalue weighted by atomic mass is 9.65. The molecule has 0 aromatic heterocycles. The molecule has 2 aromatic carbocycles. The first-order chi connectivity index (χ1) is 11.4. The lowest BCUT2D eigenvalue weighted by Gasteiger charge is -2.53. The molecule has 0 amide bonds. The summed E-state index contributed by atoms with van der Waals surface area (Å²) >= 11 is 6.16. The molecule has 0 spiro atoms. The van der Waals surface area contributed by atoms with Gasteiger partial charge in [0.2, 0.25) is 0 Å². The minimum Gasteiger partial charge on any atom is -0.506 e. The molecule has 0 bridgehead atoms. The number of hydrogen-bond acceptors (Lipinski definition) is 4. The molecule has 2 aromatic rings. The number of aryl methyl sites for hydroxylation is 1. The van der Waals surface area contributed by atoms with Gasteiger partial charge in [0.1, 0.15) is 5.75 Å². The summed E-state index contributed by atoms with van der Waals surface area (Å²) in [5.74, 6) is 0.0511. The summed E-state index contributed by atoms with van der Waals surface area (Å²) in [5.41, 5.74) is 16.6. The fraction of sp³-hybridized carbons (Fsp3) is 0.368. The van der Waals surface area contributed by atoms with Crippen molar-refractivity contribution in [3.05, 3.63) is 63.7 Å². The predicted octanol–water partition coefficient (Wildman–Crippen LogP) is 2.34. The summed E-state index contributed by atoms with van der Waals surface area (Å²) in [6, 6.07) is 11.7. The number of hydrogen-bond donors (Lipinski definition) is 3. The van der Waals surface area contributed by atoms with Gasteiger partial charge in [0, 0.05) is 6.54 Å². The van der Waals surface area contributed by atoms with Gasteiger partial charge >= 0.3 is 0 Å². The lowest BCUT2D eigenvalue weighted by molar-refractivity contribution is 0.0458. The Kier molecular flexibility index (Phi) is 3.45. The summed E-state index contributed by atoms with van der Waals surface area (Å²) in [4.78, 5) is 2.16. The first-order valence-electron chi connectivity index (χ1n) is 8.27. The first kappa shape index (κ1) is 15.9. The van der Waals surface area contributed by atoms with Crippen LogP contribution in [0.1, 0.15) is 28.7 Å². The number of halogens is 1. The van der Waals surface area contributed by atoms with E-state index in [-0.39, 0.29) is 5.75 Å². The third kappa shape index (κ3) is 1.91. The van der Waals surface area contributed by atoms with Crippen LogP contribution in [-0.4, -0.2) is 29.3 Å². The molecule has 5 N–H and O–H groups in total. The topological polar surface area (TPSA) is 75.5 Å². The van der Waals surface area contributed by atoms with Crippen LogP contribution in [0.25, 0.3) is 0 Å². The molecule has 126 valence electrons. The van der Waals surface area contributed by atoms with Crippen molar-refractivity contribution >= 4 is 11.6 Å². The molecular formula is C19H22ClN3O. The minimum atomic E-state index is -0.898. The third-order valence-corrected chi connectivity index (χ3v) is 6.20. The second-order valence-electron chi connectivity index (χ2n) is 7.02. The molecule has 24 heavy (non-hydrogen) atoms. The molecule has 5 heteroatoms. The van der Waals surface area contributed by atoms with Crippen LogP contribution >= 0.6 is 11.6 Å². The monoisotopic (exact) mass is 343 g/mol. The van der Waals surface area contributed by atoms with Crippen molar-refractivity contribution in [2.24, 2.45) is 11.5 Å². The van der Waals surface area contributed by atoms with Crippen LogP contribution < -0.4 is 11.5 Å². The van der Waals surface area contributed by atoms with Gasteiger partial charge in [0.05, 0.1) is 16.2 Å². The highest BCUT2D eigenvalue weighted by atomic mass is 35.5. The molecule has 0 fully saturated rings. The number of benzene rings is 2. The van der Waals surface area contributed by atoms with Crippen molar-refractivity contribution in [3.8, 4) is 5.75 Å². The van der Waals surface area contributed by atoms with Crippen LogP contribution in [0, 0.1) is 0 Å². The van der Waals surface area contributed by atoms with E-state index in [0.29, 0.717) is 5.02 Å². The van der Waals surface area contributed by atoms with Crippen molar-refractivity contribution in [1.29, 1.82) is 0 Å². The van der Waals surface area contributed by atoms with E-state index in [9.17, 15) is 5.11 Å². The number of nitrogens with zero attached hydrogens (tertiary/aromatic N) is 1. The Bertz CT molecular complexity index is 824. The quantitative estimate of drug-likeness (QED) is 0.686. The molecule has 2 atom stereocenters. The standard InChI is InChI=1S/C19H22ClN3O/c1-23-9-7-13-10-16(20)17(24)11-15(13)19(22)14-5-3-2-4-12(14)6-8-18(19,23)21/h2-5,10-11,24H,6-9,21-22H2,1H3/t18-,19+/m1/s1. The van der Waals surface area contributed by atoms with E-state index < -0.39 is 11.2 Å². The minimum absolute atomic E-state index is 0.0511. The summed E-state index contributed by atoms with van der Waals surface area (Å²) in [5, 5.41) is 10.6. The zero-order valence-corrected chi connectivity index (χ0v) is 14.5. The van der Waals surface area contributed by atoms with Crippen molar-refractivity contribution < 1.29 is 5.11 Å². The molecular weight excluding hydrogens is 322 g/mol. The maximum absolute atomic E-state index is 10.2. The van der Waals surface area contributed by atoms with E-state index in [0.717, 1.165) is 42.5 Å². The van der Waals surface area contributed by atoms with Crippen LogP contribution in [0.5, 0.6) is 5.75 Å². The van der Waals surface area contributed by atoms with Crippen LogP contribution in [0.4, 0.5) is 0 Å². The number of aromatic hydroxyl groups is 1. The third-order valence-electron chi connectivity index (χ3n) is 5.90. The number of nitrogens with two attached hydrogens (primary N) is 2. The number of phenols is 1. The zero-order chi connectivity index (χ0) is 17.1. The van der Waals surface area contributed by atoms with Crippen molar-refractivity contribution in [3.63, 3.8) is 0 Å². The second kappa shape index (κ2) is 5.20. The van der Waals surface area contributed by atoms with E-state index in [2.05, 4.69) is 17.0 Å². The van der Waals surface area contributed by atoms with Gasteiger partial charge in [0.25, 0.3) is 0 Å². The molecule has 1 heterocycles.